The molecule has 6 heteroatoms. The molecular weight excluding hydrogens is 284 g/mol. The van der Waals surface area contributed by atoms with Crippen LogP contribution in [0.5, 0.6) is 11.5 Å². The third kappa shape index (κ3) is 6.97. The molecule has 0 aliphatic carbocycles. The first-order valence-electron chi connectivity index (χ1n) is 7.21. The van der Waals surface area contributed by atoms with Gasteiger partial charge in [0, 0.05) is 13.0 Å². The van der Waals surface area contributed by atoms with E-state index in [2.05, 4.69) is 10.6 Å². The lowest BCUT2D eigenvalue weighted by atomic mass is 9.92. The Kier molecular flexibility index (Phi) is 6.22. The van der Waals surface area contributed by atoms with E-state index in [0.29, 0.717) is 19.4 Å². The predicted octanol–water partition coefficient (Wildman–Crippen LogP) is 1.31. The molecule has 0 saturated heterocycles. The highest BCUT2D eigenvalue weighted by Gasteiger charge is 2.16. The van der Waals surface area contributed by atoms with Crippen molar-refractivity contribution < 1.29 is 19.8 Å². The minimum absolute atomic E-state index is 0.0459. The van der Waals surface area contributed by atoms with Gasteiger partial charge in [0.1, 0.15) is 0 Å². The van der Waals surface area contributed by atoms with Crippen LogP contribution in [-0.2, 0) is 16.0 Å². The van der Waals surface area contributed by atoms with E-state index in [-0.39, 0.29) is 35.3 Å². The van der Waals surface area contributed by atoms with Gasteiger partial charge in [-0.2, -0.15) is 0 Å². The zero-order chi connectivity index (χ0) is 16.8. The maximum atomic E-state index is 11.6. The number of carbonyl (C=O) groups is 2. The molecule has 0 aromatic heterocycles. The van der Waals surface area contributed by atoms with Crippen molar-refractivity contribution >= 4 is 11.8 Å². The van der Waals surface area contributed by atoms with Crippen molar-refractivity contribution in [2.24, 2.45) is 5.41 Å². The number of phenols is 2. The van der Waals surface area contributed by atoms with Gasteiger partial charge in [0.15, 0.2) is 11.5 Å². The van der Waals surface area contributed by atoms with Gasteiger partial charge < -0.3 is 20.8 Å². The van der Waals surface area contributed by atoms with Crippen LogP contribution in [-0.4, -0.2) is 35.1 Å². The minimum Gasteiger partial charge on any atom is -0.504 e. The van der Waals surface area contributed by atoms with Crippen molar-refractivity contribution in [2.75, 3.05) is 13.1 Å². The van der Waals surface area contributed by atoms with E-state index in [1.807, 2.05) is 20.8 Å². The van der Waals surface area contributed by atoms with E-state index in [9.17, 15) is 19.8 Å². The summed E-state index contributed by atoms with van der Waals surface area (Å²) in [4.78, 5) is 23.2. The number of hydrogen-bond acceptors (Lipinski definition) is 4. The smallest absolute Gasteiger partial charge is 0.239 e. The Morgan fingerprint density at radius 3 is 2.32 bits per heavy atom. The molecule has 1 aromatic rings. The van der Waals surface area contributed by atoms with Gasteiger partial charge in [0.2, 0.25) is 11.8 Å². The number of aromatic hydroxyl groups is 2. The molecule has 0 aliphatic heterocycles. The zero-order valence-corrected chi connectivity index (χ0v) is 13.3. The summed E-state index contributed by atoms with van der Waals surface area (Å²) in [5, 5.41) is 23.8. The average Bonchev–Trinajstić information content (AvgIpc) is 2.38. The highest BCUT2D eigenvalue weighted by atomic mass is 16.3. The van der Waals surface area contributed by atoms with Crippen LogP contribution in [0.2, 0.25) is 0 Å². The number of rotatable bonds is 6. The van der Waals surface area contributed by atoms with Crippen molar-refractivity contribution in [1.82, 2.24) is 10.6 Å². The highest BCUT2D eigenvalue weighted by Crippen LogP contribution is 2.24. The second-order valence-electron chi connectivity index (χ2n) is 6.44. The van der Waals surface area contributed by atoms with Crippen LogP contribution in [0, 0.1) is 5.41 Å². The van der Waals surface area contributed by atoms with Crippen LogP contribution in [0.4, 0.5) is 0 Å². The summed E-state index contributed by atoms with van der Waals surface area (Å²) < 4.78 is 0. The molecule has 0 unspecified atom stereocenters. The predicted molar refractivity (Wildman–Crippen MR) is 83.6 cm³/mol. The van der Waals surface area contributed by atoms with E-state index >= 15 is 0 Å². The van der Waals surface area contributed by atoms with Crippen molar-refractivity contribution in [3.63, 3.8) is 0 Å². The lowest BCUT2D eigenvalue weighted by Gasteiger charge is -2.17. The van der Waals surface area contributed by atoms with Gasteiger partial charge in [0.25, 0.3) is 0 Å². The summed E-state index contributed by atoms with van der Waals surface area (Å²) in [6, 6.07) is 4.53. The molecule has 122 valence electrons. The number of benzene rings is 1. The fourth-order valence-electron chi connectivity index (χ4n) is 1.86. The Balaban J connectivity index is 2.26. The molecule has 0 fully saturated rings. The SMILES string of the molecule is CC(C)(C)CC(=O)NCC(=O)NCCc1ccc(O)c(O)c1. The Labute approximate surface area is 130 Å². The Morgan fingerprint density at radius 2 is 1.73 bits per heavy atom. The van der Waals surface area contributed by atoms with Crippen LogP contribution in [0.1, 0.15) is 32.8 Å². The minimum atomic E-state index is -0.259. The third-order valence-corrected chi connectivity index (χ3v) is 2.91. The van der Waals surface area contributed by atoms with Crippen LogP contribution in [0.3, 0.4) is 0 Å². The van der Waals surface area contributed by atoms with Crippen LogP contribution in [0.25, 0.3) is 0 Å². The molecule has 22 heavy (non-hydrogen) atoms. The maximum Gasteiger partial charge on any atom is 0.239 e. The number of nitrogens with one attached hydrogen (secondary N) is 2. The molecule has 4 N–H and O–H groups in total. The van der Waals surface area contributed by atoms with Gasteiger partial charge in [-0.1, -0.05) is 26.8 Å². The molecule has 0 saturated carbocycles. The summed E-state index contributed by atoms with van der Waals surface area (Å²) in [7, 11) is 0. The second kappa shape index (κ2) is 7.68. The summed E-state index contributed by atoms with van der Waals surface area (Å²) in [5.41, 5.74) is 0.689. The number of amides is 2. The maximum absolute atomic E-state index is 11.6. The third-order valence-electron chi connectivity index (χ3n) is 2.91. The standard InChI is InChI=1S/C16H24N2O4/c1-16(2,3)9-14(21)18-10-15(22)17-7-6-11-4-5-12(19)13(20)8-11/h4-5,8,19-20H,6-7,9-10H2,1-3H3,(H,17,22)(H,18,21). The van der Waals surface area contributed by atoms with Crippen molar-refractivity contribution in [2.45, 2.75) is 33.6 Å². The monoisotopic (exact) mass is 308 g/mol. The molecule has 1 rings (SSSR count). The van der Waals surface area contributed by atoms with E-state index in [4.69, 9.17) is 0 Å². The summed E-state index contributed by atoms with van der Waals surface area (Å²) in [6.45, 7) is 6.22. The Hall–Kier alpha value is -2.24. The van der Waals surface area contributed by atoms with E-state index < -0.39 is 0 Å². The Bertz CT molecular complexity index is 535. The van der Waals surface area contributed by atoms with E-state index in [1.165, 1.54) is 12.1 Å². The number of hydrogen-bond donors (Lipinski definition) is 4. The Morgan fingerprint density at radius 1 is 1.05 bits per heavy atom. The van der Waals surface area contributed by atoms with Gasteiger partial charge >= 0.3 is 0 Å². The molecular formula is C16H24N2O4. The normalized spacial score (nSPS) is 11.0. The van der Waals surface area contributed by atoms with Crippen LogP contribution >= 0.6 is 0 Å². The molecule has 0 radical (unpaired) electrons. The van der Waals surface area contributed by atoms with Gasteiger partial charge in [-0.15, -0.1) is 0 Å². The molecule has 0 aliphatic rings. The quantitative estimate of drug-likeness (QED) is 0.595. The first-order chi connectivity index (χ1) is 10.2. The summed E-state index contributed by atoms with van der Waals surface area (Å²) >= 11 is 0. The second-order valence-corrected chi connectivity index (χ2v) is 6.44. The van der Waals surface area contributed by atoms with Crippen molar-refractivity contribution in [1.29, 1.82) is 0 Å². The molecule has 0 atom stereocenters. The largest absolute Gasteiger partial charge is 0.504 e. The fourth-order valence-corrected chi connectivity index (χ4v) is 1.86. The van der Waals surface area contributed by atoms with E-state index in [1.54, 1.807) is 6.07 Å². The number of phenolic OH excluding ortho intramolecular Hbond substituents is 2. The van der Waals surface area contributed by atoms with E-state index in [0.717, 1.165) is 5.56 Å². The van der Waals surface area contributed by atoms with Gasteiger partial charge in [-0.05, 0) is 29.5 Å². The lowest BCUT2D eigenvalue weighted by Crippen LogP contribution is -2.38. The fraction of sp³-hybridized carbons (Fsp3) is 0.500. The van der Waals surface area contributed by atoms with Gasteiger partial charge in [-0.3, -0.25) is 9.59 Å². The zero-order valence-electron chi connectivity index (χ0n) is 13.3. The molecule has 0 bridgehead atoms. The van der Waals surface area contributed by atoms with Gasteiger partial charge in [0.05, 0.1) is 6.54 Å². The highest BCUT2D eigenvalue weighted by molar-refractivity contribution is 5.84. The van der Waals surface area contributed by atoms with Gasteiger partial charge in [-0.25, -0.2) is 0 Å². The molecule has 0 spiro atoms. The lowest BCUT2D eigenvalue weighted by molar-refractivity contribution is -0.127. The first-order valence-corrected chi connectivity index (χ1v) is 7.21. The summed E-state index contributed by atoms with van der Waals surface area (Å²) in [5.74, 6) is -0.760. The topological polar surface area (TPSA) is 98.7 Å². The van der Waals surface area contributed by atoms with Crippen molar-refractivity contribution in [3.8, 4) is 11.5 Å². The first kappa shape index (κ1) is 17.8. The summed E-state index contributed by atoms with van der Waals surface area (Å²) in [6.07, 6.45) is 0.891. The average molecular weight is 308 g/mol. The van der Waals surface area contributed by atoms with Crippen molar-refractivity contribution in [3.05, 3.63) is 23.8 Å². The van der Waals surface area contributed by atoms with Crippen LogP contribution in [0.15, 0.2) is 18.2 Å². The molecule has 1 aromatic carbocycles. The molecule has 2 amide bonds. The molecule has 6 nitrogen and oxygen atoms in total. The number of carbonyl (C=O) groups excluding carboxylic acids is 2. The molecule has 0 heterocycles. The van der Waals surface area contributed by atoms with Crippen LogP contribution < -0.4 is 10.6 Å².